The molecule has 7 aromatic carbocycles. The van der Waals surface area contributed by atoms with Crippen molar-refractivity contribution in [2.45, 2.75) is 19.5 Å². The first kappa shape index (κ1) is 28.0. The maximum absolute atomic E-state index is 6.34. The number of rotatable bonds is 4. The predicted molar refractivity (Wildman–Crippen MR) is 205 cm³/mol. The van der Waals surface area contributed by atoms with Crippen LogP contribution in [0.2, 0.25) is 0 Å². The molecule has 0 saturated heterocycles. The smallest absolute Gasteiger partial charge is 0.134 e. The molecule has 0 bridgehead atoms. The van der Waals surface area contributed by atoms with Crippen LogP contribution in [-0.4, -0.2) is 0 Å². The van der Waals surface area contributed by atoms with E-state index in [2.05, 4.69) is 175 Å². The fourth-order valence-corrected chi connectivity index (χ4v) is 8.13. The Morgan fingerprint density at radius 2 is 1.22 bits per heavy atom. The Labute approximate surface area is 285 Å². The van der Waals surface area contributed by atoms with Gasteiger partial charge in [0.15, 0.2) is 0 Å². The van der Waals surface area contributed by atoms with Gasteiger partial charge in [-0.15, -0.1) is 0 Å². The molecule has 0 spiro atoms. The average Bonchev–Trinajstić information content (AvgIpc) is 3.72. The van der Waals surface area contributed by atoms with Gasteiger partial charge in [-0.05, 0) is 91.7 Å². The summed E-state index contributed by atoms with van der Waals surface area (Å²) in [6.07, 6.45) is 5.52. The van der Waals surface area contributed by atoms with Crippen LogP contribution in [0, 0.1) is 5.92 Å². The first-order valence-corrected chi connectivity index (χ1v) is 17.2. The third-order valence-electron chi connectivity index (χ3n) is 10.4. The quantitative estimate of drug-likeness (QED) is 0.196. The Hall–Kier alpha value is -6.06. The largest absolute Gasteiger partial charge is 0.460 e. The van der Waals surface area contributed by atoms with Crippen LogP contribution < -0.4 is 10.2 Å². The highest BCUT2D eigenvalue weighted by Crippen LogP contribution is 2.48. The summed E-state index contributed by atoms with van der Waals surface area (Å²) in [5, 5.41) is 9.96. The van der Waals surface area contributed by atoms with Gasteiger partial charge in [-0.1, -0.05) is 128 Å². The average molecular weight is 631 g/mol. The molecule has 3 heteroatoms. The lowest BCUT2D eigenvalue weighted by Gasteiger charge is -2.27. The maximum atomic E-state index is 6.34. The van der Waals surface area contributed by atoms with Crippen LogP contribution >= 0.6 is 0 Å². The minimum absolute atomic E-state index is 0.0162. The van der Waals surface area contributed by atoms with Crippen molar-refractivity contribution in [2.75, 3.05) is 10.2 Å². The van der Waals surface area contributed by atoms with E-state index in [1.54, 1.807) is 0 Å². The van der Waals surface area contributed by atoms with Crippen LogP contribution in [0.1, 0.15) is 30.0 Å². The number of nitrogens with one attached hydrogen (secondary N) is 1. The number of hydrogen-bond acceptors (Lipinski definition) is 3. The number of furan rings is 1. The molecule has 49 heavy (non-hydrogen) atoms. The number of anilines is 3. The SMILES string of the molecule is CC1C=Cc2c(oc3ccc(-c4c5ccccc5c(-c5ccc(N6c7ccccc7NC6c6ccccc6)cc5)c5ccccc45)cc23)C1. The van der Waals surface area contributed by atoms with Gasteiger partial charge >= 0.3 is 0 Å². The van der Waals surface area contributed by atoms with Gasteiger partial charge in [0.05, 0.1) is 11.4 Å². The third kappa shape index (κ3) is 4.43. The monoisotopic (exact) mass is 630 g/mol. The number of benzene rings is 7. The van der Waals surface area contributed by atoms with E-state index < -0.39 is 0 Å². The molecule has 0 fully saturated rings. The molecule has 1 aliphatic heterocycles. The first-order chi connectivity index (χ1) is 24.2. The summed E-state index contributed by atoms with van der Waals surface area (Å²) in [6.45, 7) is 2.25. The highest BCUT2D eigenvalue weighted by Gasteiger charge is 2.31. The Bertz CT molecular complexity index is 2520. The topological polar surface area (TPSA) is 28.4 Å². The van der Waals surface area contributed by atoms with Crippen molar-refractivity contribution in [3.8, 4) is 22.3 Å². The fourth-order valence-electron chi connectivity index (χ4n) is 8.13. The van der Waals surface area contributed by atoms with E-state index in [0.717, 1.165) is 29.1 Å². The van der Waals surface area contributed by atoms with Gasteiger partial charge in [0, 0.05) is 23.1 Å². The second kappa shape index (κ2) is 11.0. The summed E-state index contributed by atoms with van der Waals surface area (Å²) >= 11 is 0. The van der Waals surface area contributed by atoms with Crippen LogP contribution in [0.4, 0.5) is 17.1 Å². The van der Waals surface area contributed by atoms with Crippen molar-refractivity contribution >= 4 is 55.7 Å². The zero-order valence-electron chi connectivity index (χ0n) is 27.2. The number of para-hydroxylation sites is 2. The minimum atomic E-state index is 0.0162. The zero-order valence-corrected chi connectivity index (χ0v) is 27.2. The van der Waals surface area contributed by atoms with Crippen LogP contribution in [0.5, 0.6) is 0 Å². The predicted octanol–water partition coefficient (Wildman–Crippen LogP) is 12.5. The molecule has 1 aromatic heterocycles. The van der Waals surface area contributed by atoms with E-state index in [9.17, 15) is 0 Å². The summed E-state index contributed by atoms with van der Waals surface area (Å²) in [5.74, 6) is 1.59. The first-order valence-electron chi connectivity index (χ1n) is 17.2. The van der Waals surface area contributed by atoms with Crippen molar-refractivity contribution in [1.82, 2.24) is 0 Å². The molecule has 10 rings (SSSR count). The lowest BCUT2D eigenvalue weighted by molar-refractivity contribution is 0.513. The van der Waals surface area contributed by atoms with E-state index in [4.69, 9.17) is 4.42 Å². The molecule has 1 aliphatic carbocycles. The van der Waals surface area contributed by atoms with Crippen molar-refractivity contribution < 1.29 is 4.42 Å². The molecule has 8 aromatic rings. The van der Waals surface area contributed by atoms with Crippen molar-refractivity contribution in [1.29, 1.82) is 0 Å². The standard InChI is InChI=1S/C46H34N2O/c1-29-19-25-34-39-28-32(22-26-42(39)49-43(34)27-29)45-37-15-7-5-13-35(37)44(36-14-6-8-16-38(36)45)30-20-23-33(24-21-30)48-41-18-10-9-17-40(41)47-46(48)31-11-3-2-4-12-31/h2-26,28-29,46-47H,27H2,1H3. The molecule has 2 heterocycles. The lowest BCUT2D eigenvalue weighted by atomic mass is 9.85. The van der Waals surface area contributed by atoms with Crippen molar-refractivity contribution in [3.05, 3.63) is 169 Å². The zero-order chi connectivity index (χ0) is 32.5. The second-order valence-electron chi connectivity index (χ2n) is 13.4. The molecule has 1 N–H and O–H groups in total. The van der Waals surface area contributed by atoms with Gasteiger partial charge in [-0.3, -0.25) is 0 Å². The van der Waals surface area contributed by atoms with Gasteiger partial charge in [0.1, 0.15) is 17.5 Å². The van der Waals surface area contributed by atoms with Gasteiger partial charge in [0.25, 0.3) is 0 Å². The molecule has 2 atom stereocenters. The Morgan fingerprint density at radius 1 is 0.612 bits per heavy atom. The normalized spacial score (nSPS) is 16.6. The van der Waals surface area contributed by atoms with Gasteiger partial charge < -0.3 is 14.6 Å². The van der Waals surface area contributed by atoms with Crippen LogP contribution in [0.15, 0.2) is 156 Å². The molecule has 2 aliphatic rings. The van der Waals surface area contributed by atoms with E-state index >= 15 is 0 Å². The molecule has 2 unspecified atom stereocenters. The van der Waals surface area contributed by atoms with Crippen LogP contribution in [-0.2, 0) is 6.42 Å². The van der Waals surface area contributed by atoms with E-state index in [-0.39, 0.29) is 6.17 Å². The number of fused-ring (bicyclic) bond motifs is 6. The number of nitrogens with zero attached hydrogens (tertiary/aromatic N) is 1. The van der Waals surface area contributed by atoms with Crippen molar-refractivity contribution in [2.24, 2.45) is 5.92 Å². The molecule has 3 nitrogen and oxygen atoms in total. The van der Waals surface area contributed by atoms with Gasteiger partial charge in [0.2, 0.25) is 0 Å². The second-order valence-corrected chi connectivity index (χ2v) is 13.4. The molecule has 234 valence electrons. The van der Waals surface area contributed by atoms with Gasteiger partial charge in [-0.25, -0.2) is 0 Å². The highest BCUT2D eigenvalue weighted by molar-refractivity contribution is 6.21. The Kier molecular flexibility index (Phi) is 6.29. The van der Waals surface area contributed by atoms with Crippen LogP contribution in [0.25, 0.3) is 60.8 Å². The van der Waals surface area contributed by atoms with E-state index in [0.29, 0.717) is 5.92 Å². The summed E-state index contributed by atoms with van der Waals surface area (Å²) in [7, 11) is 0. The van der Waals surface area contributed by atoms with E-state index in [1.165, 1.54) is 66.0 Å². The molecular formula is C46H34N2O. The lowest BCUT2D eigenvalue weighted by Crippen LogP contribution is -2.23. The minimum Gasteiger partial charge on any atom is -0.460 e. The molecule has 0 radical (unpaired) electrons. The molecule has 0 amide bonds. The summed E-state index contributed by atoms with van der Waals surface area (Å²) in [6, 6.07) is 52.9. The summed E-state index contributed by atoms with van der Waals surface area (Å²) < 4.78 is 6.34. The van der Waals surface area contributed by atoms with Crippen molar-refractivity contribution in [3.63, 3.8) is 0 Å². The molecular weight excluding hydrogens is 597 g/mol. The Balaban J connectivity index is 1.13. The molecule has 0 saturated carbocycles. The fraction of sp³-hybridized carbons (Fsp3) is 0.0870. The maximum Gasteiger partial charge on any atom is 0.134 e. The Morgan fingerprint density at radius 3 is 1.94 bits per heavy atom. The summed E-state index contributed by atoms with van der Waals surface area (Å²) in [5.41, 5.74) is 11.9. The number of allylic oxidation sites excluding steroid dienone is 1. The third-order valence-corrected chi connectivity index (χ3v) is 10.4. The highest BCUT2D eigenvalue weighted by atomic mass is 16.3. The number of hydrogen-bond donors (Lipinski definition) is 1. The van der Waals surface area contributed by atoms with Crippen LogP contribution in [0.3, 0.4) is 0 Å². The van der Waals surface area contributed by atoms with Gasteiger partial charge in [-0.2, -0.15) is 0 Å². The summed E-state index contributed by atoms with van der Waals surface area (Å²) in [4.78, 5) is 2.41. The van der Waals surface area contributed by atoms with E-state index in [1.807, 2.05) is 0 Å².